The lowest BCUT2D eigenvalue weighted by Crippen LogP contribution is -2.38. The van der Waals surface area contributed by atoms with Crippen molar-refractivity contribution in [3.05, 3.63) is 72.2 Å². The number of hydrogen-bond donors (Lipinski definition) is 3. The summed E-state index contributed by atoms with van der Waals surface area (Å²) in [5, 5.41) is 16.5. The lowest BCUT2D eigenvalue weighted by atomic mass is 10.1. The predicted molar refractivity (Wildman–Crippen MR) is 117 cm³/mol. The average molecular weight is 389 g/mol. The van der Waals surface area contributed by atoms with E-state index in [1.807, 2.05) is 24.4 Å². The van der Waals surface area contributed by atoms with Gasteiger partial charge in [-0.05, 0) is 68.1 Å². The molecule has 5 heteroatoms. The standard InChI is InChI=1S/C24H28N4O/c29-22-11-9-18(10-12-22)4-1-8-24-26-15-13-23(28-24)19-5-2-6-20(16-19)27-21-7-3-14-25-17-21/h2,5-6,9-13,15-16,21,25,27,29H,1,3-4,7-8,14,17H2. The summed E-state index contributed by atoms with van der Waals surface area (Å²) in [5.74, 6) is 1.18. The molecule has 4 rings (SSSR count). The number of anilines is 1. The molecular formula is C24H28N4O. The molecular weight excluding hydrogens is 360 g/mol. The van der Waals surface area contributed by atoms with E-state index >= 15 is 0 Å². The first-order valence-corrected chi connectivity index (χ1v) is 10.4. The molecule has 1 aliphatic heterocycles. The second kappa shape index (κ2) is 9.52. The first kappa shape index (κ1) is 19.4. The van der Waals surface area contributed by atoms with Gasteiger partial charge in [0.1, 0.15) is 11.6 Å². The summed E-state index contributed by atoms with van der Waals surface area (Å²) in [6, 6.07) is 18.3. The molecule has 0 saturated carbocycles. The largest absolute Gasteiger partial charge is 0.508 e. The summed E-state index contributed by atoms with van der Waals surface area (Å²) >= 11 is 0. The van der Waals surface area contributed by atoms with Gasteiger partial charge in [-0.1, -0.05) is 24.3 Å². The third-order valence-electron chi connectivity index (χ3n) is 5.33. The van der Waals surface area contributed by atoms with Crippen LogP contribution in [0.3, 0.4) is 0 Å². The van der Waals surface area contributed by atoms with E-state index in [2.05, 4.69) is 39.9 Å². The van der Waals surface area contributed by atoms with Crippen LogP contribution >= 0.6 is 0 Å². The minimum absolute atomic E-state index is 0.307. The Balaban J connectivity index is 1.38. The highest BCUT2D eigenvalue weighted by atomic mass is 16.3. The van der Waals surface area contributed by atoms with Crippen LogP contribution in [0.1, 0.15) is 30.7 Å². The van der Waals surface area contributed by atoms with Gasteiger partial charge in [0.15, 0.2) is 0 Å². The Morgan fingerprint density at radius 3 is 2.79 bits per heavy atom. The Morgan fingerprint density at radius 2 is 1.97 bits per heavy atom. The number of phenolic OH excluding ortho intramolecular Hbond substituents is 1. The van der Waals surface area contributed by atoms with Crippen LogP contribution < -0.4 is 10.6 Å². The zero-order valence-electron chi connectivity index (χ0n) is 16.6. The Hall–Kier alpha value is -2.92. The molecule has 29 heavy (non-hydrogen) atoms. The third-order valence-corrected chi connectivity index (χ3v) is 5.33. The number of aromatic hydroxyl groups is 1. The van der Waals surface area contributed by atoms with E-state index in [-0.39, 0.29) is 0 Å². The van der Waals surface area contributed by atoms with E-state index < -0.39 is 0 Å². The van der Waals surface area contributed by atoms with Crippen LogP contribution in [-0.2, 0) is 12.8 Å². The molecule has 0 bridgehead atoms. The number of rotatable bonds is 7. The summed E-state index contributed by atoms with van der Waals surface area (Å²) in [7, 11) is 0. The van der Waals surface area contributed by atoms with Gasteiger partial charge in [-0.2, -0.15) is 0 Å². The van der Waals surface area contributed by atoms with E-state index in [0.717, 1.165) is 55.1 Å². The lowest BCUT2D eigenvalue weighted by Gasteiger charge is -2.25. The molecule has 5 nitrogen and oxygen atoms in total. The number of aryl methyl sites for hydroxylation is 2. The summed E-state index contributed by atoms with van der Waals surface area (Å²) in [5.41, 5.74) is 4.43. The van der Waals surface area contributed by atoms with E-state index in [9.17, 15) is 5.11 Å². The molecule has 2 heterocycles. The highest BCUT2D eigenvalue weighted by molar-refractivity contribution is 5.65. The molecule has 1 saturated heterocycles. The van der Waals surface area contributed by atoms with E-state index in [0.29, 0.717) is 11.8 Å². The third kappa shape index (κ3) is 5.55. The number of hydrogen-bond acceptors (Lipinski definition) is 5. The fraction of sp³-hybridized carbons (Fsp3) is 0.333. The van der Waals surface area contributed by atoms with E-state index in [1.54, 1.807) is 12.1 Å². The molecule has 1 fully saturated rings. The second-order valence-corrected chi connectivity index (χ2v) is 7.65. The number of aromatic nitrogens is 2. The molecule has 3 aromatic rings. The SMILES string of the molecule is Oc1ccc(CCCc2nccc(-c3cccc(NC4CCCNC4)c3)n2)cc1. The molecule has 1 aromatic heterocycles. The summed E-state index contributed by atoms with van der Waals surface area (Å²) in [6.45, 7) is 2.14. The van der Waals surface area contributed by atoms with Crippen molar-refractivity contribution >= 4 is 5.69 Å². The number of nitrogens with one attached hydrogen (secondary N) is 2. The summed E-state index contributed by atoms with van der Waals surface area (Å²) in [6.07, 6.45) is 7.03. The number of benzene rings is 2. The Labute approximate surface area is 172 Å². The topological polar surface area (TPSA) is 70.1 Å². The predicted octanol–water partition coefficient (Wildman–Crippen LogP) is 4.19. The molecule has 1 atom stereocenters. The zero-order valence-corrected chi connectivity index (χ0v) is 16.6. The van der Waals surface area contributed by atoms with Crippen molar-refractivity contribution in [3.63, 3.8) is 0 Å². The van der Waals surface area contributed by atoms with Crippen molar-refractivity contribution in [2.45, 2.75) is 38.1 Å². The molecule has 0 radical (unpaired) electrons. The van der Waals surface area contributed by atoms with Crippen LogP contribution in [0.5, 0.6) is 5.75 Å². The quantitative estimate of drug-likeness (QED) is 0.566. The highest BCUT2D eigenvalue weighted by Crippen LogP contribution is 2.22. The molecule has 1 unspecified atom stereocenters. The van der Waals surface area contributed by atoms with Crippen LogP contribution in [0.2, 0.25) is 0 Å². The van der Waals surface area contributed by atoms with Crippen LogP contribution in [0, 0.1) is 0 Å². The van der Waals surface area contributed by atoms with Gasteiger partial charge < -0.3 is 15.7 Å². The molecule has 2 aromatic carbocycles. The molecule has 1 aliphatic rings. The van der Waals surface area contributed by atoms with E-state index in [4.69, 9.17) is 4.98 Å². The minimum atomic E-state index is 0.307. The Bertz CT molecular complexity index is 920. The molecule has 3 N–H and O–H groups in total. The van der Waals surface area contributed by atoms with Gasteiger partial charge in [0, 0.05) is 36.5 Å². The maximum atomic E-state index is 9.38. The monoisotopic (exact) mass is 388 g/mol. The molecule has 0 spiro atoms. The fourth-order valence-electron chi connectivity index (χ4n) is 3.77. The second-order valence-electron chi connectivity index (χ2n) is 7.65. The fourth-order valence-corrected chi connectivity index (χ4v) is 3.77. The highest BCUT2D eigenvalue weighted by Gasteiger charge is 2.12. The first-order chi connectivity index (χ1) is 14.3. The van der Waals surface area contributed by atoms with Gasteiger partial charge in [-0.15, -0.1) is 0 Å². The van der Waals surface area contributed by atoms with Crippen molar-refractivity contribution in [3.8, 4) is 17.0 Å². The van der Waals surface area contributed by atoms with Crippen molar-refractivity contribution in [2.24, 2.45) is 0 Å². The van der Waals surface area contributed by atoms with Crippen molar-refractivity contribution < 1.29 is 5.11 Å². The number of piperidine rings is 1. The van der Waals surface area contributed by atoms with Crippen molar-refractivity contribution in [1.29, 1.82) is 0 Å². The zero-order chi connectivity index (χ0) is 19.9. The maximum Gasteiger partial charge on any atom is 0.128 e. The Kier molecular flexibility index (Phi) is 6.37. The summed E-state index contributed by atoms with van der Waals surface area (Å²) < 4.78 is 0. The van der Waals surface area contributed by atoms with Gasteiger partial charge >= 0.3 is 0 Å². The maximum absolute atomic E-state index is 9.38. The first-order valence-electron chi connectivity index (χ1n) is 10.4. The van der Waals surface area contributed by atoms with Crippen molar-refractivity contribution in [1.82, 2.24) is 15.3 Å². The molecule has 0 aliphatic carbocycles. The van der Waals surface area contributed by atoms with Crippen LogP contribution in [-0.4, -0.2) is 34.2 Å². The molecule has 150 valence electrons. The number of phenols is 1. The normalized spacial score (nSPS) is 16.5. The van der Waals surface area contributed by atoms with Gasteiger partial charge in [-0.25, -0.2) is 9.97 Å². The lowest BCUT2D eigenvalue weighted by molar-refractivity contribution is 0.475. The van der Waals surface area contributed by atoms with Gasteiger partial charge in [0.25, 0.3) is 0 Å². The van der Waals surface area contributed by atoms with Gasteiger partial charge in [0.05, 0.1) is 5.69 Å². The number of nitrogens with zero attached hydrogens (tertiary/aromatic N) is 2. The van der Waals surface area contributed by atoms with Crippen molar-refractivity contribution in [2.75, 3.05) is 18.4 Å². The molecule has 0 amide bonds. The average Bonchev–Trinajstić information content (AvgIpc) is 2.76. The van der Waals surface area contributed by atoms with Crippen LogP contribution in [0.25, 0.3) is 11.3 Å². The summed E-state index contributed by atoms with van der Waals surface area (Å²) in [4.78, 5) is 9.24. The minimum Gasteiger partial charge on any atom is -0.508 e. The smallest absolute Gasteiger partial charge is 0.128 e. The Morgan fingerprint density at radius 1 is 1.07 bits per heavy atom. The van der Waals surface area contributed by atoms with E-state index in [1.165, 1.54) is 18.4 Å². The van der Waals surface area contributed by atoms with Gasteiger partial charge in [0.2, 0.25) is 0 Å². The van der Waals surface area contributed by atoms with Crippen LogP contribution in [0.4, 0.5) is 5.69 Å². The van der Waals surface area contributed by atoms with Crippen LogP contribution in [0.15, 0.2) is 60.8 Å². The van der Waals surface area contributed by atoms with Gasteiger partial charge in [-0.3, -0.25) is 0 Å².